The van der Waals surface area contributed by atoms with Crippen LogP contribution in [0.3, 0.4) is 0 Å². The summed E-state index contributed by atoms with van der Waals surface area (Å²) in [4.78, 5) is 0. The van der Waals surface area contributed by atoms with E-state index in [0.717, 1.165) is 0 Å². The van der Waals surface area contributed by atoms with Crippen molar-refractivity contribution in [3.63, 3.8) is 0 Å². The van der Waals surface area contributed by atoms with Crippen LogP contribution in [0.15, 0.2) is 30.3 Å². The molecule has 0 aliphatic heterocycles. The molecule has 0 aromatic heterocycles. The van der Waals surface area contributed by atoms with E-state index in [2.05, 4.69) is 51.1 Å². The van der Waals surface area contributed by atoms with Crippen molar-refractivity contribution < 1.29 is 4.12 Å². The Morgan fingerprint density at radius 1 is 0.933 bits per heavy atom. The molecule has 0 heterocycles. The van der Waals surface area contributed by atoms with Gasteiger partial charge in [-0.1, -0.05) is 51.1 Å². The van der Waals surface area contributed by atoms with E-state index in [-0.39, 0.29) is 0 Å². The normalized spacial score (nSPS) is 13.1. The SMILES string of the molecule is CC[SiH](CC)O[SiH](CC)c1ccccc1. The topological polar surface area (TPSA) is 9.23 Å². The molecule has 0 N–H and O–H groups in total. The van der Waals surface area contributed by atoms with E-state index in [1.807, 2.05) is 0 Å². The molecule has 1 unspecified atom stereocenters. The Kier molecular flexibility index (Phi) is 5.90. The fourth-order valence-electron chi connectivity index (χ4n) is 1.79. The minimum absolute atomic E-state index is 0.876. The first-order valence-electron chi connectivity index (χ1n) is 6.02. The highest BCUT2D eigenvalue weighted by molar-refractivity contribution is 6.74. The summed E-state index contributed by atoms with van der Waals surface area (Å²) in [5.41, 5.74) is 0. The maximum absolute atomic E-state index is 6.36. The van der Waals surface area contributed by atoms with Crippen molar-refractivity contribution in [3.8, 4) is 0 Å². The summed E-state index contributed by atoms with van der Waals surface area (Å²) in [7, 11) is -1.98. The van der Waals surface area contributed by atoms with E-state index < -0.39 is 18.1 Å². The highest BCUT2D eigenvalue weighted by Gasteiger charge is 2.16. The Morgan fingerprint density at radius 3 is 2.00 bits per heavy atom. The van der Waals surface area contributed by atoms with Crippen LogP contribution in [-0.2, 0) is 4.12 Å². The Morgan fingerprint density at radius 2 is 1.53 bits per heavy atom. The predicted octanol–water partition coefficient (Wildman–Crippen LogP) is 2.42. The lowest BCUT2D eigenvalue weighted by atomic mass is 10.4. The summed E-state index contributed by atoms with van der Waals surface area (Å²) in [5.74, 6) is 0. The predicted molar refractivity (Wildman–Crippen MR) is 72.9 cm³/mol. The summed E-state index contributed by atoms with van der Waals surface area (Å²) < 4.78 is 6.36. The van der Waals surface area contributed by atoms with Crippen molar-refractivity contribution in [3.05, 3.63) is 30.3 Å². The fraction of sp³-hybridized carbons (Fsp3) is 0.500. The molecule has 1 aromatic rings. The van der Waals surface area contributed by atoms with Gasteiger partial charge >= 0.3 is 0 Å². The molecule has 0 amide bonds. The van der Waals surface area contributed by atoms with Crippen LogP contribution in [0.25, 0.3) is 0 Å². The third-order valence-electron chi connectivity index (χ3n) is 2.81. The van der Waals surface area contributed by atoms with E-state index in [4.69, 9.17) is 4.12 Å². The second kappa shape index (κ2) is 6.98. The lowest BCUT2D eigenvalue weighted by Crippen LogP contribution is -2.37. The van der Waals surface area contributed by atoms with Gasteiger partial charge in [-0.25, -0.2) is 0 Å². The van der Waals surface area contributed by atoms with Crippen molar-refractivity contribution in [2.45, 2.75) is 38.9 Å². The molecule has 0 saturated heterocycles. The fourth-order valence-corrected chi connectivity index (χ4v) is 8.29. The van der Waals surface area contributed by atoms with Crippen LogP contribution in [0.4, 0.5) is 0 Å². The lowest BCUT2D eigenvalue weighted by Gasteiger charge is -2.21. The van der Waals surface area contributed by atoms with Gasteiger partial charge in [0.25, 0.3) is 0 Å². The van der Waals surface area contributed by atoms with E-state index in [9.17, 15) is 0 Å². The van der Waals surface area contributed by atoms with E-state index >= 15 is 0 Å². The number of rotatable bonds is 6. The molecule has 1 rings (SSSR count). The smallest absolute Gasteiger partial charge is 0.195 e. The molecule has 0 aliphatic rings. The molecule has 0 saturated carbocycles. The Balaban J connectivity index is 2.64. The average Bonchev–Trinajstić information content (AvgIpc) is 2.32. The van der Waals surface area contributed by atoms with Gasteiger partial charge in [-0.15, -0.1) is 0 Å². The molecule has 1 aromatic carbocycles. The maximum Gasteiger partial charge on any atom is 0.195 e. The summed E-state index contributed by atoms with van der Waals surface area (Å²) in [5, 5.41) is 1.47. The summed E-state index contributed by atoms with van der Waals surface area (Å²) in [6, 6.07) is 14.6. The Bertz CT molecular complexity index is 260. The zero-order valence-corrected chi connectivity index (χ0v) is 12.4. The standard InChI is InChI=1S/C12H22OSi2/c1-4-14(5-2)13-15(6-3)12-10-8-7-9-11-12/h7-11,14-15H,4-6H2,1-3H3. The molecule has 15 heavy (non-hydrogen) atoms. The van der Waals surface area contributed by atoms with Crippen LogP contribution < -0.4 is 5.19 Å². The number of hydrogen-bond acceptors (Lipinski definition) is 1. The third kappa shape index (κ3) is 3.93. The summed E-state index contributed by atoms with van der Waals surface area (Å²) >= 11 is 0. The Hall–Kier alpha value is -0.386. The van der Waals surface area contributed by atoms with Gasteiger partial charge in [-0.05, 0) is 23.3 Å². The molecule has 0 aliphatic carbocycles. The number of hydrogen-bond donors (Lipinski definition) is 0. The van der Waals surface area contributed by atoms with Crippen LogP contribution in [0.1, 0.15) is 20.8 Å². The van der Waals surface area contributed by atoms with Crippen molar-refractivity contribution in [1.82, 2.24) is 0 Å². The van der Waals surface area contributed by atoms with Gasteiger partial charge in [0.1, 0.15) is 0 Å². The minimum atomic E-state index is -1.10. The molecule has 84 valence electrons. The van der Waals surface area contributed by atoms with Crippen molar-refractivity contribution in [1.29, 1.82) is 0 Å². The molecule has 0 spiro atoms. The number of benzene rings is 1. The molecule has 3 heteroatoms. The van der Waals surface area contributed by atoms with Crippen molar-refractivity contribution in [2.24, 2.45) is 0 Å². The largest absolute Gasteiger partial charge is 0.456 e. The molecule has 1 nitrogen and oxygen atoms in total. The first kappa shape index (κ1) is 12.7. The first-order chi connectivity index (χ1) is 7.31. The molecular weight excluding hydrogens is 216 g/mol. The van der Waals surface area contributed by atoms with Gasteiger partial charge in [-0.3, -0.25) is 0 Å². The Labute approximate surface area is 96.9 Å². The third-order valence-corrected chi connectivity index (χ3v) is 9.35. The van der Waals surface area contributed by atoms with Crippen LogP contribution in [0, 0.1) is 0 Å². The monoisotopic (exact) mass is 238 g/mol. The van der Waals surface area contributed by atoms with Crippen LogP contribution in [0.5, 0.6) is 0 Å². The highest BCUT2D eigenvalue weighted by atomic mass is 28.4. The quantitative estimate of drug-likeness (QED) is 0.692. The second-order valence-corrected chi connectivity index (χ2v) is 10.3. The van der Waals surface area contributed by atoms with E-state index in [1.54, 1.807) is 0 Å². The van der Waals surface area contributed by atoms with Crippen LogP contribution in [0.2, 0.25) is 18.1 Å². The van der Waals surface area contributed by atoms with Gasteiger partial charge < -0.3 is 4.12 Å². The van der Waals surface area contributed by atoms with Gasteiger partial charge in [0.15, 0.2) is 18.1 Å². The van der Waals surface area contributed by atoms with Gasteiger partial charge in [0.05, 0.1) is 0 Å². The summed E-state index contributed by atoms with van der Waals surface area (Å²) in [6.07, 6.45) is 0. The van der Waals surface area contributed by atoms with Crippen molar-refractivity contribution >= 4 is 23.3 Å². The molecular formula is C12H22OSi2. The first-order valence-corrected chi connectivity index (χ1v) is 9.99. The highest BCUT2D eigenvalue weighted by Crippen LogP contribution is 2.05. The average molecular weight is 238 g/mol. The zero-order valence-electron chi connectivity index (χ0n) is 10.1. The van der Waals surface area contributed by atoms with Crippen molar-refractivity contribution in [2.75, 3.05) is 0 Å². The van der Waals surface area contributed by atoms with E-state index in [0.29, 0.717) is 0 Å². The maximum atomic E-state index is 6.36. The van der Waals surface area contributed by atoms with Gasteiger partial charge in [0, 0.05) is 0 Å². The zero-order chi connectivity index (χ0) is 11.1. The van der Waals surface area contributed by atoms with Crippen LogP contribution in [-0.4, -0.2) is 18.1 Å². The van der Waals surface area contributed by atoms with Gasteiger partial charge in [0.2, 0.25) is 0 Å². The molecule has 0 bridgehead atoms. The van der Waals surface area contributed by atoms with E-state index in [1.165, 1.54) is 23.3 Å². The minimum Gasteiger partial charge on any atom is -0.456 e. The van der Waals surface area contributed by atoms with Gasteiger partial charge in [-0.2, -0.15) is 0 Å². The molecule has 0 fully saturated rings. The lowest BCUT2D eigenvalue weighted by molar-refractivity contribution is 0.590. The summed E-state index contributed by atoms with van der Waals surface area (Å²) in [6.45, 7) is 6.81. The van der Waals surface area contributed by atoms with Crippen LogP contribution >= 0.6 is 0 Å². The second-order valence-electron chi connectivity index (χ2n) is 3.88. The molecule has 0 radical (unpaired) electrons. The molecule has 1 atom stereocenters.